The fourth-order valence-electron chi connectivity index (χ4n) is 2.96. The van der Waals surface area contributed by atoms with Crippen molar-refractivity contribution in [1.29, 1.82) is 0 Å². The number of halogens is 1. The van der Waals surface area contributed by atoms with E-state index in [9.17, 15) is 9.59 Å². The predicted molar refractivity (Wildman–Crippen MR) is 111 cm³/mol. The molecule has 29 heavy (non-hydrogen) atoms. The zero-order chi connectivity index (χ0) is 21.0. The van der Waals surface area contributed by atoms with E-state index in [4.69, 9.17) is 16.3 Å². The molecule has 0 saturated carbocycles. The molecule has 1 amide bonds. The Kier molecular flexibility index (Phi) is 6.09. The summed E-state index contributed by atoms with van der Waals surface area (Å²) in [5.74, 6) is -0.818. The van der Waals surface area contributed by atoms with E-state index in [-0.39, 0.29) is 16.7 Å². The van der Waals surface area contributed by atoms with Crippen molar-refractivity contribution in [1.82, 2.24) is 15.0 Å². The molecule has 2 aromatic heterocycles. The molecule has 0 fully saturated rings. The Morgan fingerprint density at radius 1 is 1.21 bits per heavy atom. The number of benzene rings is 1. The van der Waals surface area contributed by atoms with E-state index in [0.717, 1.165) is 22.6 Å². The third kappa shape index (κ3) is 4.35. The van der Waals surface area contributed by atoms with E-state index in [0.29, 0.717) is 5.56 Å². The van der Waals surface area contributed by atoms with Gasteiger partial charge in [0.15, 0.2) is 0 Å². The molecule has 1 aromatic carbocycles. The van der Waals surface area contributed by atoms with Gasteiger partial charge in [0.05, 0.1) is 24.5 Å². The van der Waals surface area contributed by atoms with E-state index in [1.807, 2.05) is 36.6 Å². The maximum Gasteiger partial charge on any atom is 0.337 e. The molecule has 0 bridgehead atoms. The van der Waals surface area contributed by atoms with Crippen molar-refractivity contribution >= 4 is 29.7 Å². The van der Waals surface area contributed by atoms with Crippen molar-refractivity contribution in [2.24, 2.45) is 5.10 Å². The second-order valence-electron chi connectivity index (χ2n) is 6.24. The molecule has 0 radical (unpaired) electrons. The van der Waals surface area contributed by atoms with E-state index < -0.39 is 5.91 Å². The van der Waals surface area contributed by atoms with Gasteiger partial charge in [0.2, 0.25) is 0 Å². The summed E-state index contributed by atoms with van der Waals surface area (Å²) in [6.07, 6.45) is 3.08. The van der Waals surface area contributed by atoms with Crippen LogP contribution in [0.2, 0.25) is 5.15 Å². The SMILES string of the molecule is COC(=O)c1ccc(-n2c(C)cc(C=NNC(=O)c3cccnc3Cl)c2C)cc1. The Hall–Kier alpha value is -3.45. The van der Waals surface area contributed by atoms with Crippen LogP contribution in [-0.4, -0.2) is 34.8 Å². The number of nitrogens with zero attached hydrogens (tertiary/aromatic N) is 3. The topological polar surface area (TPSA) is 85.6 Å². The highest BCUT2D eigenvalue weighted by molar-refractivity contribution is 6.32. The van der Waals surface area contributed by atoms with Crippen LogP contribution in [0, 0.1) is 13.8 Å². The largest absolute Gasteiger partial charge is 0.465 e. The van der Waals surface area contributed by atoms with E-state index in [1.54, 1.807) is 30.5 Å². The summed E-state index contributed by atoms with van der Waals surface area (Å²) in [6.45, 7) is 3.91. The van der Waals surface area contributed by atoms with Gasteiger partial charge in [0.25, 0.3) is 5.91 Å². The first-order valence-electron chi connectivity index (χ1n) is 8.74. The van der Waals surface area contributed by atoms with Gasteiger partial charge < -0.3 is 9.30 Å². The van der Waals surface area contributed by atoms with Gasteiger partial charge in [-0.15, -0.1) is 0 Å². The molecule has 0 unspecified atom stereocenters. The zero-order valence-electron chi connectivity index (χ0n) is 16.1. The Morgan fingerprint density at radius 2 is 1.93 bits per heavy atom. The molecule has 0 aliphatic heterocycles. The number of methoxy groups -OCH3 is 1. The van der Waals surface area contributed by atoms with Crippen molar-refractivity contribution in [3.8, 4) is 5.69 Å². The fourth-order valence-corrected chi connectivity index (χ4v) is 3.16. The predicted octanol–water partition coefficient (Wildman–Crippen LogP) is 3.69. The summed E-state index contributed by atoms with van der Waals surface area (Å²) in [4.78, 5) is 27.6. The number of esters is 1. The standard InChI is InChI=1S/C21H19ClN4O3/c1-13-11-16(12-24-25-20(27)18-5-4-10-23-19(18)22)14(2)26(13)17-8-6-15(7-9-17)21(28)29-3/h4-12H,1-3H3,(H,25,27). The number of carbonyl (C=O) groups excluding carboxylic acids is 2. The number of aryl methyl sites for hydroxylation is 1. The van der Waals surface area contributed by atoms with Gasteiger partial charge in [-0.3, -0.25) is 4.79 Å². The number of ether oxygens (including phenoxy) is 1. The van der Waals surface area contributed by atoms with Crippen LogP contribution >= 0.6 is 11.6 Å². The van der Waals surface area contributed by atoms with Gasteiger partial charge in [-0.25, -0.2) is 15.2 Å². The lowest BCUT2D eigenvalue weighted by atomic mass is 10.2. The van der Waals surface area contributed by atoms with Gasteiger partial charge in [-0.1, -0.05) is 11.6 Å². The van der Waals surface area contributed by atoms with Crippen LogP contribution in [0.1, 0.15) is 37.7 Å². The minimum atomic E-state index is -0.438. The monoisotopic (exact) mass is 410 g/mol. The minimum Gasteiger partial charge on any atom is -0.465 e. The second kappa shape index (κ2) is 8.70. The minimum absolute atomic E-state index is 0.119. The Morgan fingerprint density at radius 3 is 2.59 bits per heavy atom. The molecule has 2 heterocycles. The van der Waals surface area contributed by atoms with Gasteiger partial charge >= 0.3 is 5.97 Å². The number of nitrogens with one attached hydrogen (secondary N) is 1. The number of amides is 1. The lowest BCUT2D eigenvalue weighted by molar-refractivity contribution is 0.0600. The van der Waals surface area contributed by atoms with Crippen molar-refractivity contribution in [2.45, 2.75) is 13.8 Å². The van der Waals surface area contributed by atoms with Crippen LogP contribution in [0.4, 0.5) is 0 Å². The highest BCUT2D eigenvalue weighted by atomic mass is 35.5. The summed E-state index contributed by atoms with van der Waals surface area (Å²) in [7, 11) is 1.35. The van der Waals surface area contributed by atoms with Crippen LogP contribution < -0.4 is 5.43 Å². The molecule has 0 spiro atoms. The summed E-state index contributed by atoms with van der Waals surface area (Å²) in [6, 6.07) is 12.3. The summed E-state index contributed by atoms with van der Waals surface area (Å²) in [5, 5.41) is 4.15. The van der Waals surface area contributed by atoms with Crippen LogP contribution in [0.15, 0.2) is 53.8 Å². The summed E-state index contributed by atoms with van der Waals surface area (Å²) < 4.78 is 6.76. The molecule has 3 aromatic rings. The van der Waals surface area contributed by atoms with Crippen molar-refractivity contribution in [2.75, 3.05) is 7.11 Å². The van der Waals surface area contributed by atoms with Crippen molar-refractivity contribution in [3.63, 3.8) is 0 Å². The zero-order valence-corrected chi connectivity index (χ0v) is 16.9. The first kappa shape index (κ1) is 20.3. The number of aromatic nitrogens is 2. The number of pyridine rings is 1. The number of hydrazone groups is 1. The molecule has 1 N–H and O–H groups in total. The lowest BCUT2D eigenvalue weighted by Crippen LogP contribution is -2.18. The Balaban J connectivity index is 1.79. The fraction of sp³-hybridized carbons (Fsp3) is 0.143. The van der Waals surface area contributed by atoms with Crippen LogP contribution in [0.5, 0.6) is 0 Å². The molecule has 0 atom stereocenters. The van der Waals surface area contributed by atoms with Gasteiger partial charge in [0.1, 0.15) is 5.15 Å². The number of hydrogen-bond acceptors (Lipinski definition) is 5. The molecule has 7 nitrogen and oxygen atoms in total. The van der Waals surface area contributed by atoms with Crippen LogP contribution in [-0.2, 0) is 4.74 Å². The summed E-state index contributed by atoms with van der Waals surface area (Å²) >= 11 is 5.92. The smallest absolute Gasteiger partial charge is 0.337 e. The third-order valence-electron chi connectivity index (χ3n) is 4.39. The normalized spacial score (nSPS) is 10.9. The van der Waals surface area contributed by atoms with Crippen molar-refractivity contribution in [3.05, 3.63) is 81.9 Å². The summed E-state index contributed by atoms with van der Waals surface area (Å²) in [5.41, 5.74) is 6.86. The van der Waals surface area contributed by atoms with Crippen LogP contribution in [0.3, 0.4) is 0 Å². The average molecular weight is 411 g/mol. The van der Waals surface area contributed by atoms with Gasteiger partial charge in [-0.05, 0) is 56.3 Å². The maximum absolute atomic E-state index is 12.2. The average Bonchev–Trinajstić information content (AvgIpc) is 3.01. The molecule has 8 heteroatoms. The number of hydrogen-bond donors (Lipinski definition) is 1. The van der Waals surface area contributed by atoms with Crippen LogP contribution in [0.25, 0.3) is 5.69 Å². The molecular weight excluding hydrogens is 392 g/mol. The highest BCUT2D eigenvalue weighted by Crippen LogP contribution is 2.20. The number of rotatable bonds is 5. The highest BCUT2D eigenvalue weighted by Gasteiger charge is 2.12. The van der Waals surface area contributed by atoms with Crippen molar-refractivity contribution < 1.29 is 14.3 Å². The van der Waals surface area contributed by atoms with Gasteiger partial charge in [-0.2, -0.15) is 5.10 Å². The van der Waals surface area contributed by atoms with E-state index in [1.165, 1.54) is 13.3 Å². The molecule has 0 aliphatic rings. The Bertz CT molecular complexity index is 1090. The van der Waals surface area contributed by atoms with E-state index >= 15 is 0 Å². The quantitative estimate of drug-likeness (QED) is 0.301. The molecule has 3 rings (SSSR count). The maximum atomic E-state index is 12.2. The first-order chi connectivity index (χ1) is 13.9. The second-order valence-corrected chi connectivity index (χ2v) is 6.60. The molecular formula is C21H19ClN4O3. The first-order valence-corrected chi connectivity index (χ1v) is 9.11. The third-order valence-corrected chi connectivity index (χ3v) is 4.69. The van der Waals surface area contributed by atoms with Gasteiger partial charge in [0, 0.05) is 28.8 Å². The van der Waals surface area contributed by atoms with E-state index in [2.05, 4.69) is 15.5 Å². The molecule has 0 aliphatic carbocycles. The lowest BCUT2D eigenvalue weighted by Gasteiger charge is -2.10. The molecule has 0 saturated heterocycles. The molecule has 148 valence electrons. The number of carbonyl (C=O) groups is 2. The Labute approximate surface area is 173 Å².